The average molecular weight is 433 g/mol. The van der Waals surface area contributed by atoms with E-state index in [0.29, 0.717) is 11.1 Å². The highest BCUT2D eigenvalue weighted by Crippen LogP contribution is 2.34. The quantitative estimate of drug-likeness (QED) is 0.631. The van der Waals surface area contributed by atoms with Gasteiger partial charge in [0.2, 0.25) is 11.7 Å². The second kappa shape index (κ2) is 7.17. The van der Waals surface area contributed by atoms with Crippen LogP contribution in [0.3, 0.4) is 0 Å². The van der Waals surface area contributed by atoms with Gasteiger partial charge in [-0.15, -0.1) is 0 Å². The molecule has 1 atom stereocenters. The summed E-state index contributed by atoms with van der Waals surface area (Å²) >= 11 is 6.08. The third kappa shape index (κ3) is 3.30. The number of nitrogens with zero attached hydrogens (tertiary/aromatic N) is 3. The molecule has 1 aliphatic rings. The fraction of sp³-hybridized carbons (Fsp3) is 0.200. The van der Waals surface area contributed by atoms with Gasteiger partial charge in [0, 0.05) is 16.1 Å². The summed E-state index contributed by atoms with van der Waals surface area (Å²) in [5.74, 6) is -1.47. The largest absolute Gasteiger partial charge is 0.337 e. The maximum absolute atomic E-state index is 13.8. The number of halogens is 3. The fourth-order valence-electron chi connectivity index (χ4n) is 3.22. The first-order chi connectivity index (χ1) is 14.2. The first-order valence-corrected chi connectivity index (χ1v) is 9.25. The maximum atomic E-state index is 13.8. The van der Waals surface area contributed by atoms with E-state index in [1.54, 1.807) is 19.1 Å². The summed E-state index contributed by atoms with van der Waals surface area (Å²) in [6.45, 7) is 2.81. The van der Waals surface area contributed by atoms with Crippen molar-refractivity contribution in [1.82, 2.24) is 20.4 Å². The molecule has 1 aromatic heterocycles. The highest BCUT2D eigenvalue weighted by molar-refractivity contribution is 6.32. The van der Waals surface area contributed by atoms with Crippen molar-refractivity contribution in [3.8, 4) is 11.4 Å². The molecule has 1 N–H and O–H groups in total. The summed E-state index contributed by atoms with van der Waals surface area (Å²) in [6.07, 6.45) is 0. The van der Waals surface area contributed by atoms with Gasteiger partial charge in [-0.05, 0) is 37.6 Å². The van der Waals surface area contributed by atoms with Crippen LogP contribution in [0.25, 0.3) is 11.4 Å². The molecule has 154 valence electrons. The highest BCUT2D eigenvalue weighted by Gasteiger charge is 2.50. The maximum Gasteiger partial charge on any atom is 0.325 e. The van der Waals surface area contributed by atoms with Crippen molar-refractivity contribution in [1.29, 1.82) is 0 Å². The van der Waals surface area contributed by atoms with E-state index < -0.39 is 29.1 Å². The van der Waals surface area contributed by atoms with Gasteiger partial charge in [-0.1, -0.05) is 35.0 Å². The van der Waals surface area contributed by atoms with Crippen molar-refractivity contribution < 1.29 is 22.9 Å². The summed E-state index contributed by atoms with van der Waals surface area (Å²) < 4.78 is 32.3. The third-order valence-electron chi connectivity index (χ3n) is 4.94. The van der Waals surface area contributed by atoms with Crippen LogP contribution in [0.4, 0.5) is 13.6 Å². The zero-order chi connectivity index (χ0) is 21.6. The van der Waals surface area contributed by atoms with Crippen LogP contribution in [0.5, 0.6) is 0 Å². The standard InChI is InChI=1S/C20H15ClF2N4O3/c1-10-3-4-11(7-15(10)23)17-24-16(30-26-17)9-27-18(28)20(2,25-19(27)29)13-6-5-12(22)8-14(13)21/h3-8H,9H2,1-2H3,(H,25,29). The van der Waals surface area contributed by atoms with E-state index in [1.165, 1.54) is 19.1 Å². The number of rotatable bonds is 4. The van der Waals surface area contributed by atoms with Crippen molar-refractivity contribution in [2.24, 2.45) is 0 Å². The van der Waals surface area contributed by atoms with Crippen LogP contribution < -0.4 is 5.32 Å². The summed E-state index contributed by atoms with van der Waals surface area (Å²) in [4.78, 5) is 30.5. The minimum Gasteiger partial charge on any atom is -0.337 e. The molecule has 0 radical (unpaired) electrons. The molecule has 1 saturated heterocycles. The molecule has 0 aliphatic carbocycles. The Morgan fingerprint density at radius 2 is 1.97 bits per heavy atom. The Balaban J connectivity index is 1.58. The molecule has 0 saturated carbocycles. The second-order valence-corrected chi connectivity index (χ2v) is 7.45. The summed E-state index contributed by atoms with van der Waals surface area (Å²) in [6, 6.07) is 7.35. The Bertz CT molecular complexity index is 1180. The van der Waals surface area contributed by atoms with Gasteiger partial charge in [0.1, 0.15) is 23.7 Å². The van der Waals surface area contributed by atoms with E-state index >= 15 is 0 Å². The molecule has 1 unspecified atom stereocenters. The van der Waals surface area contributed by atoms with Crippen LogP contribution in [-0.2, 0) is 16.9 Å². The minimum atomic E-state index is -1.48. The SMILES string of the molecule is Cc1ccc(-c2noc(CN3C(=O)NC(C)(c4ccc(F)cc4Cl)C3=O)n2)cc1F. The number of amides is 3. The number of carbonyl (C=O) groups is 2. The predicted molar refractivity (Wildman–Crippen MR) is 102 cm³/mol. The van der Waals surface area contributed by atoms with E-state index in [2.05, 4.69) is 15.5 Å². The minimum absolute atomic E-state index is 0.00877. The Kier molecular flexibility index (Phi) is 4.77. The van der Waals surface area contributed by atoms with Gasteiger partial charge in [0.15, 0.2) is 0 Å². The predicted octanol–water partition coefficient (Wildman–Crippen LogP) is 3.94. The number of nitrogens with one attached hydrogen (secondary N) is 1. The normalized spacial score (nSPS) is 18.8. The van der Waals surface area contributed by atoms with Gasteiger partial charge in [-0.25, -0.2) is 13.6 Å². The molecule has 3 aromatic rings. The Morgan fingerprint density at radius 3 is 2.67 bits per heavy atom. The molecule has 0 bridgehead atoms. The molecule has 2 heterocycles. The lowest BCUT2D eigenvalue weighted by Gasteiger charge is -2.23. The van der Waals surface area contributed by atoms with E-state index in [-0.39, 0.29) is 28.8 Å². The number of hydrogen-bond donors (Lipinski definition) is 1. The summed E-state index contributed by atoms with van der Waals surface area (Å²) in [7, 11) is 0. The first kappa shape index (κ1) is 20.0. The van der Waals surface area contributed by atoms with Crippen LogP contribution >= 0.6 is 11.6 Å². The molecule has 10 heteroatoms. The average Bonchev–Trinajstić information content (AvgIpc) is 3.23. The molecule has 1 fully saturated rings. The van der Waals surface area contributed by atoms with Crippen molar-refractivity contribution in [2.75, 3.05) is 0 Å². The van der Waals surface area contributed by atoms with Gasteiger partial charge in [-0.2, -0.15) is 4.98 Å². The lowest BCUT2D eigenvalue weighted by molar-refractivity contribution is -0.131. The third-order valence-corrected chi connectivity index (χ3v) is 5.25. The molecule has 30 heavy (non-hydrogen) atoms. The molecular formula is C20H15ClF2N4O3. The molecular weight excluding hydrogens is 418 g/mol. The van der Waals surface area contributed by atoms with E-state index in [9.17, 15) is 18.4 Å². The van der Waals surface area contributed by atoms with Crippen molar-refractivity contribution in [2.45, 2.75) is 25.9 Å². The number of benzene rings is 2. The van der Waals surface area contributed by atoms with Gasteiger partial charge >= 0.3 is 6.03 Å². The van der Waals surface area contributed by atoms with Crippen molar-refractivity contribution in [3.05, 3.63) is 70.1 Å². The van der Waals surface area contributed by atoms with E-state index in [0.717, 1.165) is 17.0 Å². The number of aromatic nitrogens is 2. The number of carbonyl (C=O) groups excluding carboxylic acids is 2. The zero-order valence-electron chi connectivity index (χ0n) is 15.9. The van der Waals surface area contributed by atoms with Crippen molar-refractivity contribution in [3.63, 3.8) is 0 Å². The first-order valence-electron chi connectivity index (χ1n) is 8.88. The fourth-order valence-corrected chi connectivity index (χ4v) is 3.58. The lowest BCUT2D eigenvalue weighted by Crippen LogP contribution is -2.41. The van der Waals surface area contributed by atoms with E-state index in [4.69, 9.17) is 16.1 Å². The van der Waals surface area contributed by atoms with Crippen LogP contribution in [0.1, 0.15) is 23.9 Å². The Labute approximate surface area is 174 Å². The molecule has 1 aliphatic heterocycles. The summed E-state index contributed by atoms with van der Waals surface area (Å²) in [5, 5.41) is 6.36. The Hall–Kier alpha value is -3.33. The topological polar surface area (TPSA) is 88.3 Å². The van der Waals surface area contributed by atoms with Crippen LogP contribution in [-0.4, -0.2) is 27.0 Å². The van der Waals surface area contributed by atoms with E-state index in [1.807, 2.05) is 0 Å². The molecule has 7 nitrogen and oxygen atoms in total. The molecule has 3 amide bonds. The lowest BCUT2D eigenvalue weighted by atomic mass is 9.92. The monoisotopic (exact) mass is 432 g/mol. The number of imide groups is 1. The number of hydrogen-bond acceptors (Lipinski definition) is 5. The summed E-state index contributed by atoms with van der Waals surface area (Å²) in [5.41, 5.74) is -0.355. The van der Waals surface area contributed by atoms with Gasteiger partial charge < -0.3 is 9.84 Å². The van der Waals surface area contributed by atoms with Crippen molar-refractivity contribution >= 4 is 23.5 Å². The number of urea groups is 1. The van der Waals surface area contributed by atoms with Crippen LogP contribution in [0.15, 0.2) is 40.9 Å². The van der Waals surface area contributed by atoms with Crippen LogP contribution in [0, 0.1) is 18.6 Å². The van der Waals surface area contributed by atoms with Gasteiger partial charge in [0.25, 0.3) is 5.91 Å². The zero-order valence-corrected chi connectivity index (χ0v) is 16.6. The smallest absolute Gasteiger partial charge is 0.325 e. The molecule has 0 spiro atoms. The van der Waals surface area contributed by atoms with Gasteiger partial charge in [0.05, 0.1) is 0 Å². The second-order valence-electron chi connectivity index (χ2n) is 7.05. The van der Waals surface area contributed by atoms with Gasteiger partial charge in [-0.3, -0.25) is 9.69 Å². The number of aryl methyl sites for hydroxylation is 1. The molecule has 2 aromatic carbocycles. The van der Waals surface area contributed by atoms with Crippen LogP contribution in [0.2, 0.25) is 5.02 Å². The molecule has 4 rings (SSSR count). The highest BCUT2D eigenvalue weighted by atomic mass is 35.5. The Morgan fingerprint density at radius 1 is 1.20 bits per heavy atom.